The molecule has 0 fully saturated rings. The normalized spacial score (nSPS) is 10.7. The van der Waals surface area contributed by atoms with Gasteiger partial charge in [-0.05, 0) is 6.92 Å². The highest BCUT2D eigenvalue weighted by molar-refractivity contribution is 5.80. The van der Waals surface area contributed by atoms with Gasteiger partial charge in [-0.2, -0.15) is 0 Å². The van der Waals surface area contributed by atoms with Gasteiger partial charge in [0.25, 0.3) is 0 Å². The molecule has 98 valence electrons. The molecule has 0 spiro atoms. The summed E-state index contributed by atoms with van der Waals surface area (Å²) in [6.07, 6.45) is -0.208. The van der Waals surface area contributed by atoms with E-state index in [4.69, 9.17) is 15.3 Å². The van der Waals surface area contributed by atoms with Crippen molar-refractivity contribution >= 4 is 23.7 Å². The summed E-state index contributed by atoms with van der Waals surface area (Å²) in [6, 6.07) is 0. The average molecular weight is 248 g/mol. The van der Waals surface area contributed by atoms with E-state index in [-0.39, 0.29) is 25.0 Å². The van der Waals surface area contributed by atoms with Gasteiger partial charge in [-0.15, -0.1) is 0 Å². The van der Waals surface area contributed by atoms with Crippen molar-refractivity contribution in [2.45, 2.75) is 33.1 Å². The lowest BCUT2D eigenvalue weighted by molar-refractivity contribution is -0.147. The number of hydrogen-bond donors (Lipinski definition) is 3. The van der Waals surface area contributed by atoms with E-state index in [0.29, 0.717) is 0 Å². The Hall–Kier alpha value is -1.92. The van der Waals surface area contributed by atoms with Crippen LogP contribution in [0.1, 0.15) is 33.1 Å². The zero-order valence-electron chi connectivity index (χ0n) is 9.67. The topological polar surface area (TPSA) is 129 Å². The third-order valence-corrected chi connectivity index (χ3v) is 1.59. The minimum atomic E-state index is -1.08. The minimum Gasteiger partial charge on any atom is -0.481 e. The van der Waals surface area contributed by atoms with E-state index in [0.717, 1.165) is 0 Å². The molecule has 0 aromatic heterocycles. The van der Waals surface area contributed by atoms with Gasteiger partial charge >= 0.3 is 17.9 Å². The number of aliphatic carboxylic acids is 3. The Morgan fingerprint density at radius 1 is 0.941 bits per heavy atom. The Kier molecular flexibility index (Phi) is 9.58. The Balaban J connectivity index is 0. The zero-order valence-corrected chi connectivity index (χ0v) is 9.67. The van der Waals surface area contributed by atoms with Gasteiger partial charge in [0.2, 0.25) is 0 Å². The van der Waals surface area contributed by atoms with Crippen molar-refractivity contribution in [1.82, 2.24) is 0 Å². The summed E-state index contributed by atoms with van der Waals surface area (Å²) >= 11 is 0. The molecule has 7 nitrogen and oxygen atoms in total. The highest BCUT2D eigenvalue weighted by Crippen LogP contribution is 1.99. The summed E-state index contributed by atoms with van der Waals surface area (Å²) < 4.78 is 0. The van der Waals surface area contributed by atoms with E-state index in [2.05, 4.69) is 0 Å². The third-order valence-electron chi connectivity index (χ3n) is 1.59. The molecule has 17 heavy (non-hydrogen) atoms. The maximum absolute atomic E-state index is 10.1. The highest BCUT2D eigenvalue weighted by Gasteiger charge is 2.13. The first kappa shape index (κ1) is 17.5. The predicted molar refractivity (Wildman–Crippen MR) is 56.6 cm³/mol. The van der Waals surface area contributed by atoms with Crippen molar-refractivity contribution in [3.8, 4) is 0 Å². The van der Waals surface area contributed by atoms with Gasteiger partial charge in [-0.1, -0.05) is 6.92 Å². The molecule has 0 aliphatic carbocycles. The number of rotatable bonds is 6. The van der Waals surface area contributed by atoms with E-state index in [1.165, 1.54) is 13.8 Å². The van der Waals surface area contributed by atoms with Crippen molar-refractivity contribution < 1.29 is 34.5 Å². The first-order chi connectivity index (χ1) is 7.66. The van der Waals surface area contributed by atoms with Crippen molar-refractivity contribution in [3.63, 3.8) is 0 Å². The summed E-state index contributed by atoms with van der Waals surface area (Å²) in [5.74, 6) is -3.93. The number of carbonyl (C=O) groups is 4. The van der Waals surface area contributed by atoms with E-state index in [1.54, 1.807) is 0 Å². The number of ketones is 1. The molecule has 0 rings (SSSR count). The summed E-state index contributed by atoms with van der Waals surface area (Å²) in [4.78, 5) is 39.7. The Labute approximate surface area is 98.1 Å². The van der Waals surface area contributed by atoms with Gasteiger partial charge in [0, 0.05) is 6.42 Å². The van der Waals surface area contributed by atoms with Crippen LogP contribution in [0.15, 0.2) is 0 Å². The molecule has 0 radical (unpaired) electrons. The molecule has 0 aromatic carbocycles. The molecular formula is C10H16O7. The van der Waals surface area contributed by atoms with Crippen molar-refractivity contribution in [2.75, 3.05) is 0 Å². The Bertz CT molecular complexity index is 281. The monoisotopic (exact) mass is 248 g/mol. The number of Topliss-reactive ketones (excluding diaryl/α,β-unsaturated/α-hetero) is 1. The maximum atomic E-state index is 10.1. The van der Waals surface area contributed by atoms with Crippen molar-refractivity contribution in [3.05, 3.63) is 0 Å². The number of hydrogen-bond acceptors (Lipinski definition) is 4. The fraction of sp³-hybridized carbons (Fsp3) is 0.600. The molecule has 7 heteroatoms. The largest absolute Gasteiger partial charge is 0.481 e. The fourth-order valence-electron chi connectivity index (χ4n) is 0.632. The van der Waals surface area contributed by atoms with E-state index < -0.39 is 23.8 Å². The Morgan fingerprint density at radius 3 is 1.53 bits per heavy atom. The van der Waals surface area contributed by atoms with Crippen LogP contribution in [0.2, 0.25) is 0 Å². The molecule has 0 saturated carbocycles. The summed E-state index contributed by atoms with van der Waals surface area (Å²) in [5, 5.41) is 24.2. The van der Waals surface area contributed by atoms with Crippen LogP contribution < -0.4 is 0 Å². The predicted octanol–water partition coefficient (Wildman–Crippen LogP) is 0.622. The third kappa shape index (κ3) is 16.7. The van der Waals surface area contributed by atoms with Crippen LogP contribution in [0.25, 0.3) is 0 Å². The van der Waals surface area contributed by atoms with Crippen LogP contribution in [0, 0.1) is 5.92 Å². The van der Waals surface area contributed by atoms with Crippen LogP contribution in [0.3, 0.4) is 0 Å². The van der Waals surface area contributed by atoms with Crippen molar-refractivity contribution in [2.24, 2.45) is 5.92 Å². The molecule has 0 heterocycles. The molecular weight excluding hydrogens is 232 g/mol. The minimum absolute atomic E-state index is 0.0463. The van der Waals surface area contributed by atoms with Gasteiger partial charge in [0.05, 0.1) is 18.8 Å². The molecule has 0 aliphatic rings. The number of carbonyl (C=O) groups excluding carboxylic acids is 1. The molecule has 0 saturated heterocycles. The van der Waals surface area contributed by atoms with Crippen LogP contribution in [-0.4, -0.2) is 39.0 Å². The fourth-order valence-corrected chi connectivity index (χ4v) is 0.632. The lowest BCUT2D eigenvalue weighted by atomic mass is 10.1. The van der Waals surface area contributed by atoms with Gasteiger partial charge in [0.1, 0.15) is 5.78 Å². The van der Waals surface area contributed by atoms with Gasteiger partial charge in [-0.3, -0.25) is 14.4 Å². The zero-order chi connectivity index (χ0) is 14.0. The van der Waals surface area contributed by atoms with Crippen LogP contribution in [-0.2, 0) is 19.2 Å². The number of carboxylic acids is 3. The lowest BCUT2D eigenvalue weighted by Crippen LogP contribution is -2.13. The van der Waals surface area contributed by atoms with Crippen molar-refractivity contribution in [1.29, 1.82) is 0 Å². The maximum Gasteiger partial charge on any atom is 0.306 e. The molecule has 0 aromatic rings. The Morgan fingerprint density at radius 2 is 1.41 bits per heavy atom. The average Bonchev–Trinajstić information content (AvgIpc) is 2.14. The second-order valence-corrected chi connectivity index (χ2v) is 3.43. The summed E-state index contributed by atoms with van der Waals surface area (Å²) in [7, 11) is 0. The second kappa shape index (κ2) is 9.32. The standard InChI is InChI=1S/C5H8O4.C5H8O3/c1-3(5(8)9)2-4(6)7;1-4(6)2-3-5(7)8/h3H,2H2,1H3,(H,6,7)(H,8,9);2-3H2,1H3,(H,7,8). The first-order valence-corrected chi connectivity index (χ1v) is 4.82. The SMILES string of the molecule is CC(=O)CCC(=O)O.CC(CC(=O)O)C(=O)O. The quantitative estimate of drug-likeness (QED) is 0.628. The molecule has 1 atom stereocenters. The van der Waals surface area contributed by atoms with E-state index >= 15 is 0 Å². The van der Waals surface area contributed by atoms with Crippen LogP contribution >= 0.6 is 0 Å². The van der Waals surface area contributed by atoms with E-state index in [1.807, 2.05) is 0 Å². The van der Waals surface area contributed by atoms with E-state index in [9.17, 15) is 19.2 Å². The van der Waals surface area contributed by atoms with Crippen LogP contribution in [0.4, 0.5) is 0 Å². The summed E-state index contributed by atoms with van der Waals surface area (Å²) in [5.41, 5.74) is 0. The number of carboxylic acid groups (broad SMARTS) is 3. The first-order valence-electron chi connectivity index (χ1n) is 4.82. The van der Waals surface area contributed by atoms with Crippen LogP contribution in [0.5, 0.6) is 0 Å². The van der Waals surface area contributed by atoms with Gasteiger partial charge < -0.3 is 20.1 Å². The molecule has 3 N–H and O–H groups in total. The second-order valence-electron chi connectivity index (χ2n) is 3.43. The smallest absolute Gasteiger partial charge is 0.306 e. The molecule has 0 bridgehead atoms. The molecule has 0 aliphatic heterocycles. The van der Waals surface area contributed by atoms with Gasteiger partial charge in [-0.25, -0.2) is 0 Å². The lowest BCUT2D eigenvalue weighted by Gasteiger charge is -1.98. The summed E-state index contributed by atoms with van der Waals surface area (Å²) in [6.45, 7) is 2.74. The molecule has 1 unspecified atom stereocenters. The highest BCUT2D eigenvalue weighted by atomic mass is 16.4. The van der Waals surface area contributed by atoms with Gasteiger partial charge in [0.15, 0.2) is 0 Å². The molecule has 0 amide bonds.